The molecular formula is C14H26N2O. The second kappa shape index (κ2) is 5.38. The first kappa shape index (κ1) is 12.9. The number of nitrogens with zero attached hydrogens (tertiary/aromatic N) is 1. The molecule has 0 aromatic carbocycles. The van der Waals surface area contributed by atoms with E-state index in [0.717, 1.165) is 18.8 Å². The number of hydrogen-bond donors (Lipinski definition) is 1. The fourth-order valence-corrected chi connectivity index (χ4v) is 3.40. The van der Waals surface area contributed by atoms with Crippen LogP contribution in [0.15, 0.2) is 0 Å². The van der Waals surface area contributed by atoms with Gasteiger partial charge in [-0.15, -0.1) is 0 Å². The van der Waals surface area contributed by atoms with Crippen molar-refractivity contribution >= 4 is 5.91 Å². The van der Waals surface area contributed by atoms with Gasteiger partial charge in [0, 0.05) is 6.04 Å². The maximum atomic E-state index is 12.3. The largest absolute Gasteiger partial charge is 0.323 e. The molecule has 4 unspecified atom stereocenters. The van der Waals surface area contributed by atoms with Gasteiger partial charge in [-0.2, -0.15) is 0 Å². The second-order valence-electron chi connectivity index (χ2n) is 5.86. The van der Waals surface area contributed by atoms with Crippen molar-refractivity contribution in [1.29, 1.82) is 0 Å². The Morgan fingerprint density at radius 2 is 2.12 bits per heavy atom. The van der Waals surface area contributed by atoms with Crippen LogP contribution in [0, 0.1) is 5.92 Å². The van der Waals surface area contributed by atoms with Gasteiger partial charge in [0.05, 0.1) is 12.2 Å². The van der Waals surface area contributed by atoms with Crippen molar-refractivity contribution < 1.29 is 4.79 Å². The molecule has 1 heterocycles. The summed E-state index contributed by atoms with van der Waals surface area (Å²) in [6.07, 6.45) is 7.52. The number of amides is 1. The van der Waals surface area contributed by atoms with E-state index in [0.29, 0.717) is 11.9 Å². The number of nitrogens with one attached hydrogen (secondary N) is 1. The van der Waals surface area contributed by atoms with E-state index in [4.69, 9.17) is 0 Å². The molecule has 0 aromatic rings. The van der Waals surface area contributed by atoms with Crippen molar-refractivity contribution in [1.82, 2.24) is 10.2 Å². The molecule has 1 aliphatic heterocycles. The fourth-order valence-electron chi connectivity index (χ4n) is 3.40. The van der Waals surface area contributed by atoms with Crippen molar-refractivity contribution in [2.24, 2.45) is 5.92 Å². The lowest BCUT2D eigenvalue weighted by molar-refractivity contribution is -0.133. The Bertz CT molecular complexity index is 279. The van der Waals surface area contributed by atoms with E-state index < -0.39 is 0 Å². The number of carbonyl (C=O) groups excluding carboxylic acids is 1. The number of rotatable bonds is 3. The minimum absolute atomic E-state index is 0.0174. The predicted molar refractivity (Wildman–Crippen MR) is 69.6 cm³/mol. The van der Waals surface area contributed by atoms with Crippen LogP contribution in [0.5, 0.6) is 0 Å². The fraction of sp³-hybridized carbons (Fsp3) is 0.929. The van der Waals surface area contributed by atoms with Gasteiger partial charge < -0.3 is 4.90 Å². The highest BCUT2D eigenvalue weighted by Crippen LogP contribution is 2.31. The average Bonchev–Trinajstić information content (AvgIpc) is 2.55. The van der Waals surface area contributed by atoms with Crippen molar-refractivity contribution in [3.63, 3.8) is 0 Å². The summed E-state index contributed by atoms with van der Waals surface area (Å²) in [6.45, 7) is 6.51. The van der Waals surface area contributed by atoms with Crippen molar-refractivity contribution in [3.8, 4) is 0 Å². The normalized spacial score (nSPS) is 38.8. The smallest absolute Gasteiger partial charge is 0.240 e. The Hall–Kier alpha value is -0.570. The molecule has 1 amide bonds. The molecule has 1 N–H and O–H groups in total. The lowest BCUT2D eigenvalue weighted by Crippen LogP contribution is -2.46. The summed E-state index contributed by atoms with van der Waals surface area (Å²) in [4.78, 5) is 14.4. The monoisotopic (exact) mass is 238 g/mol. The number of hydrogen-bond acceptors (Lipinski definition) is 2. The van der Waals surface area contributed by atoms with Crippen molar-refractivity contribution in [2.75, 3.05) is 0 Å². The Morgan fingerprint density at radius 3 is 2.76 bits per heavy atom. The summed E-state index contributed by atoms with van der Waals surface area (Å²) < 4.78 is 0. The summed E-state index contributed by atoms with van der Waals surface area (Å²) in [5.74, 6) is 1.10. The molecule has 2 rings (SSSR count). The van der Waals surface area contributed by atoms with Gasteiger partial charge in [0.25, 0.3) is 0 Å². The van der Waals surface area contributed by atoms with Crippen LogP contribution in [0.4, 0.5) is 0 Å². The molecule has 0 aromatic heterocycles. The quantitative estimate of drug-likeness (QED) is 0.819. The van der Waals surface area contributed by atoms with Gasteiger partial charge in [-0.25, -0.2) is 0 Å². The van der Waals surface area contributed by atoms with Crippen LogP contribution in [0.3, 0.4) is 0 Å². The van der Waals surface area contributed by atoms with E-state index in [-0.39, 0.29) is 12.2 Å². The number of carbonyl (C=O) groups is 1. The van der Waals surface area contributed by atoms with Crippen molar-refractivity contribution in [2.45, 2.75) is 77.5 Å². The lowest BCUT2D eigenvalue weighted by Gasteiger charge is -2.37. The molecule has 4 atom stereocenters. The highest BCUT2D eigenvalue weighted by atomic mass is 16.2. The molecule has 0 radical (unpaired) electrons. The van der Waals surface area contributed by atoms with Gasteiger partial charge in [-0.1, -0.05) is 33.1 Å². The highest BCUT2D eigenvalue weighted by Gasteiger charge is 2.40. The van der Waals surface area contributed by atoms with Crippen LogP contribution in [-0.4, -0.2) is 29.1 Å². The molecule has 3 heteroatoms. The van der Waals surface area contributed by atoms with E-state index in [1.54, 1.807) is 0 Å². The van der Waals surface area contributed by atoms with E-state index in [1.807, 2.05) is 6.92 Å². The van der Waals surface area contributed by atoms with Gasteiger partial charge in [0.15, 0.2) is 0 Å². The van der Waals surface area contributed by atoms with E-state index >= 15 is 0 Å². The molecule has 98 valence electrons. The minimum atomic E-state index is 0.0174. The summed E-state index contributed by atoms with van der Waals surface area (Å²) >= 11 is 0. The zero-order chi connectivity index (χ0) is 12.4. The summed E-state index contributed by atoms with van der Waals surface area (Å²) in [7, 11) is 0. The van der Waals surface area contributed by atoms with Gasteiger partial charge >= 0.3 is 0 Å². The second-order valence-corrected chi connectivity index (χ2v) is 5.86. The van der Waals surface area contributed by atoms with Gasteiger partial charge in [-0.05, 0) is 32.1 Å². The van der Waals surface area contributed by atoms with Crippen LogP contribution in [0.2, 0.25) is 0 Å². The first-order valence-corrected chi connectivity index (χ1v) is 7.21. The Labute approximate surface area is 105 Å². The molecule has 1 saturated heterocycles. The topological polar surface area (TPSA) is 32.3 Å². The summed E-state index contributed by atoms with van der Waals surface area (Å²) in [6, 6.07) is 0.504. The molecule has 2 fully saturated rings. The van der Waals surface area contributed by atoms with E-state index in [2.05, 4.69) is 24.1 Å². The molecule has 1 aliphatic carbocycles. The zero-order valence-electron chi connectivity index (χ0n) is 11.4. The Balaban J connectivity index is 2.07. The van der Waals surface area contributed by atoms with Crippen molar-refractivity contribution in [3.05, 3.63) is 0 Å². The third-order valence-electron chi connectivity index (χ3n) is 4.27. The summed E-state index contributed by atoms with van der Waals surface area (Å²) in [5.41, 5.74) is 0. The molecule has 0 spiro atoms. The average molecular weight is 238 g/mol. The molecular weight excluding hydrogens is 212 g/mol. The minimum Gasteiger partial charge on any atom is -0.323 e. The molecule has 17 heavy (non-hydrogen) atoms. The van der Waals surface area contributed by atoms with Gasteiger partial charge in [0.2, 0.25) is 5.91 Å². The molecule has 0 bridgehead atoms. The van der Waals surface area contributed by atoms with Crippen LogP contribution >= 0.6 is 0 Å². The predicted octanol–water partition coefficient (Wildman–Crippen LogP) is 2.51. The first-order chi connectivity index (χ1) is 8.13. The Kier molecular flexibility index (Phi) is 4.08. The maximum absolute atomic E-state index is 12.3. The first-order valence-electron chi connectivity index (χ1n) is 7.21. The van der Waals surface area contributed by atoms with Crippen LogP contribution in [-0.2, 0) is 4.79 Å². The van der Waals surface area contributed by atoms with Gasteiger partial charge in [0.1, 0.15) is 0 Å². The molecule has 2 aliphatic rings. The third kappa shape index (κ3) is 2.65. The molecule has 1 saturated carbocycles. The standard InChI is InChI=1S/C14H26N2O/c1-4-6-13-15-11(3)14(17)16(13)12-8-5-7-10(2)9-12/h10-13,15H,4-9H2,1-3H3. The van der Waals surface area contributed by atoms with E-state index in [9.17, 15) is 4.79 Å². The van der Waals surface area contributed by atoms with E-state index in [1.165, 1.54) is 25.7 Å². The summed E-state index contributed by atoms with van der Waals surface area (Å²) in [5, 5.41) is 3.44. The van der Waals surface area contributed by atoms with Crippen LogP contribution in [0.25, 0.3) is 0 Å². The van der Waals surface area contributed by atoms with Crippen LogP contribution < -0.4 is 5.32 Å². The Morgan fingerprint density at radius 1 is 1.35 bits per heavy atom. The lowest BCUT2D eigenvalue weighted by atomic mass is 9.86. The highest BCUT2D eigenvalue weighted by molar-refractivity contribution is 5.84. The third-order valence-corrected chi connectivity index (χ3v) is 4.27. The maximum Gasteiger partial charge on any atom is 0.240 e. The zero-order valence-corrected chi connectivity index (χ0v) is 11.4. The molecule has 3 nitrogen and oxygen atoms in total. The van der Waals surface area contributed by atoms with Gasteiger partial charge in [-0.3, -0.25) is 10.1 Å². The SMILES string of the molecule is CCCC1NC(C)C(=O)N1C1CCCC(C)C1. The van der Waals surface area contributed by atoms with Crippen LogP contribution in [0.1, 0.15) is 59.3 Å².